The Bertz CT molecular complexity index is 431. The van der Waals surface area contributed by atoms with Crippen molar-refractivity contribution in [2.45, 2.75) is 25.3 Å². The molecule has 2 aliphatic rings. The average Bonchev–Trinajstić information content (AvgIpc) is 2.74. The van der Waals surface area contributed by atoms with E-state index in [2.05, 4.69) is 17.9 Å². The molecule has 1 saturated heterocycles. The van der Waals surface area contributed by atoms with Gasteiger partial charge < -0.3 is 20.1 Å². The lowest BCUT2D eigenvalue weighted by Gasteiger charge is -2.39. The predicted molar refractivity (Wildman–Crippen MR) is 66.6 cm³/mol. The molecule has 2 N–H and O–H groups in total. The van der Waals surface area contributed by atoms with Crippen LogP contribution in [0.4, 0.5) is 5.69 Å². The summed E-state index contributed by atoms with van der Waals surface area (Å²) >= 11 is 0. The summed E-state index contributed by atoms with van der Waals surface area (Å²) in [7, 11) is 0. The lowest BCUT2D eigenvalue weighted by molar-refractivity contribution is 0.174. The SMILES string of the molecule is CC1(N)CCCN(c2ccc3c(c2)OCO3)C1. The highest BCUT2D eigenvalue weighted by atomic mass is 16.7. The van der Waals surface area contributed by atoms with E-state index in [1.165, 1.54) is 5.69 Å². The first-order valence-corrected chi connectivity index (χ1v) is 6.08. The van der Waals surface area contributed by atoms with E-state index in [0.29, 0.717) is 6.79 Å². The van der Waals surface area contributed by atoms with Crippen molar-refractivity contribution < 1.29 is 9.47 Å². The fourth-order valence-corrected chi connectivity index (χ4v) is 2.57. The van der Waals surface area contributed by atoms with Gasteiger partial charge in [0.15, 0.2) is 11.5 Å². The quantitative estimate of drug-likeness (QED) is 0.804. The van der Waals surface area contributed by atoms with E-state index in [1.807, 2.05) is 12.1 Å². The standard InChI is InChI=1S/C13H18N2O2/c1-13(14)5-2-6-15(8-13)10-3-4-11-12(7-10)17-9-16-11/h3-4,7H,2,5-6,8-9,14H2,1H3. The lowest BCUT2D eigenvalue weighted by Crippen LogP contribution is -2.52. The lowest BCUT2D eigenvalue weighted by atomic mass is 9.92. The normalized spacial score (nSPS) is 27.3. The van der Waals surface area contributed by atoms with Crippen LogP contribution in [0.25, 0.3) is 0 Å². The van der Waals surface area contributed by atoms with Crippen molar-refractivity contribution in [3.63, 3.8) is 0 Å². The number of anilines is 1. The van der Waals surface area contributed by atoms with Gasteiger partial charge in [0.1, 0.15) is 0 Å². The first-order valence-electron chi connectivity index (χ1n) is 6.08. The molecule has 0 aromatic heterocycles. The van der Waals surface area contributed by atoms with Crippen molar-refractivity contribution in [2.24, 2.45) is 5.73 Å². The number of benzene rings is 1. The van der Waals surface area contributed by atoms with Gasteiger partial charge in [-0.25, -0.2) is 0 Å². The molecule has 2 aliphatic heterocycles. The minimum atomic E-state index is -0.0887. The molecule has 1 fully saturated rings. The molecule has 1 aromatic rings. The maximum atomic E-state index is 6.22. The van der Waals surface area contributed by atoms with Gasteiger partial charge in [-0.05, 0) is 31.9 Å². The van der Waals surface area contributed by atoms with Crippen molar-refractivity contribution in [2.75, 3.05) is 24.8 Å². The van der Waals surface area contributed by atoms with Crippen LogP contribution in [0.1, 0.15) is 19.8 Å². The van der Waals surface area contributed by atoms with Gasteiger partial charge in [-0.3, -0.25) is 0 Å². The molecule has 4 heteroatoms. The Balaban J connectivity index is 1.84. The number of nitrogens with two attached hydrogens (primary N) is 1. The average molecular weight is 234 g/mol. The second-order valence-corrected chi connectivity index (χ2v) is 5.22. The predicted octanol–water partition coefficient (Wildman–Crippen LogP) is 1.73. The Morgan fingerprint density at radius 1 is 1.29 bits per heavy atom. The van der Waals surface area contributed by atoms with Crippen LogP contribution in [-0.4, -0.2) is 25.4 Å². The van der Waals surface area contributed by atoms with E-state index in [1.54, 1.807) is 0 Å². The van der Waals surface area contributed by atoms with E-state index in [9.17, 15) is 0 Å². The molecule has 17 heavy (non-hydrogen) atoms. The maximum Gasteiger partial charge on any atom is 0.231 e. The first kappa shape index (κ1) is 10.7. The Morgan fingerprint density at radius 3 is 2.94 bits per heavy atom. The molecule has 0 bridgehead atoms. The van der Waals surface area contributed by atoms with Gasteiger partial charge in [0.05, 0.1) is 0 Å². The summed E-state index contributed by atoms with van der Waals surface area (Å²) in [4.78, 5) is 2.32. The van der Waals surface area contributed by atoms with Crippen LogP contribution in [0.5, 0.6) is 11.5 Å². The van der Waals surface area contributed by atoms with Crippen molar-refractivity contribution >= 4 is 5.69 Å². The summed E-state index contributed by atoms with van der Waals surface area (Å²) in [5.41, 5.74) is 7.30. The third kappa shape index (κ3) is 2.05. The van der Waals surface area contributed by atoms with Gasteiger partial charge in [-0.1, -0.05) is 0 Å². The fraction of sp³-hybridized carbons (Fsp3) is 0.538. The molecule has 2 heterocycles. The van der Waals surface area contributed by atoms with Crippen molar-refractivity contribution in [1.82, 2.24) is 0 Å². The number of fused-ring (bicyclic) bond motifs is 1. The Labute approximate surface area is 101 Å². The third-order valence-electron chi connectivity index (χ3n) is 3.45. The topological polar surface area (TPSA) is 47.7 Å². The Kier molecular flexibility index (Phi) is 2.40. The molecule has 0 aliphatic carbocycles. The number of hydrogen-bond donors (Lipinski definition) is 1. The molecule has 0 radical (unpaired) electrons. The van der Waals surface area contributed by atoms with Crippen LogP contribution in [-0.2, 0) is 0 Å². The molecule has 0 saturated carbocycles. The van der Waals surface area contributed by atoms with Crippen LogP contribution in [0.2, 0.25) is 0 Å². The molecule has 0 amide bonds. The van der Waals surface area contributed by atoms with Crippen LogP contribution in [0.15, 0.2) is 18.2 Å². The zero-order valence-electron chi connectivity index (χ0n) is 10.1. The van der Waals surface area contributed by atoms with Gasteiger partial charge in [-0.15, -0.1) is 0 Å². The molecular weight excluding hydrogens is 216 g/mol. The monoisotopic (exact) mass is 234 g/mol. The van der Waals surface area contributed by atoms with E-state index < -0.39 is 0 Å². The van der Waals surface area contributed by atoms with Crippen LogP contribution >= 0.6 is 0 Å². The zero-order valence-corrected chi connectivity index (χ0v) is 10.1. The van der Waals surface area contributed by atoms with E-state index in [4.69, 9.17) is 15.2 Å². The van der Waals surface area contributed by atoms with Crippen LogP contribution < -0.4 is 20.1 Å². The van der Waals surface area contributed by atoms with E-state index in [-0.39, 0.29) is 5.54 Å². The number of ether oxygens (including phenoxy) is 2. The summed E-state index contributed by atoms with van der Waals surface area (Å²) in [6.07, 6.45) is 2.23. The van der Waals surface area contributed by atoms with Gasteiger partial charge in [-0.2, -0.15) is 0 Å². The summed E-state index contributed by atoms with van der Waals surface area (Å²) in [5, 5.41) is 0. The molecule has 1 unspecified atom stereocenters. The number of rotatable bonds is 1. The molecule has 4 nitrogen and oxygen atoms in total. The molecule has 3 rings (SSSR count). The number of hydrogen-bond acceptors (Lipinski definition) is 4. The molecule has 0 spiro atoms. The summed E-state index contributed by atoms with van der Waals surface area (Å²) < 4.78 is 10.7. The minimum absolute atomic E-state index is 0.0887. The fourth-order valence-electron chi connectivity index (χ4n) is 2.57. The number of piperidine rings is 1. The molecule has 92 valence electrons. The second kappa shape index (κ2) is 3.81. The highest BCUT2D eigenvalue weighted by Crippen LogP contribution is 2.36. The van der Waals surface area contributed by atoms with Crippen LogP contribution in [0.3, 0.4) is 0 Å². The van der Waals surface area contributed by atoms with Crippen molar-refractivity contribution in [3.8, 4) is 11.5 Å². The highest BCUT2D eigenvalue weighted by Gasteiger charge is 2.27. The van der Waals surface area contributed by atoms with Gasteiger partial charge >= 0.3 is 0 Å². The molecule has 1 atom stereocenters. The van der Waals surface area contributed by atoms with E-state index >= 15 is 0 Å². The Hall–Kier alpha value is -1.42. The second-order valence-electron chi connectivity index (χ2n) is 5.22. The highest BCUT2D eigenvalue weighted by molar-refractivity contribution is 5.57. The largest absolute Gasteiger partial charge is 0.454 e. The van der Waals surface area contributed by atoms with Gasteiger partial charge in [0.25, 0.3) is 0 Å². The van der Waals surface area contributed by atoms with Gasteiger partial charge in [0.2, 0.25) is 6.79 Å². The summed E-state index contributed by atoms with van der Waals surface area (Å²) in [6.45, 7) is 4.40. The molecular formula is C13H18N2O2. The van der Waals surface area contributed by atoms with Crippen molar-refractivity contribution in [1.29, 1.82) is 0 Å². The number of nitrogens with zero attached hydrogens (tertiary/aromatic N) is 1. The van der Waals surface area contributed by atoms with Gasteiger partial charge in [0, 0.05) is 30.4 Å². The zero-order chi connectivity index (χ0) is 11.9. The minimum Gasteiger partial charge on any atom is -0.454 e. The van der Waals surface area contributed by atoms with E-state index in [0.717, 1.165) is 37.4 Å². The smallest absolute Gasteiger partial charge is 0.231 e. The third-order valence-corrected chi connectivity index (χ3v) is 3.45. The van der Waals surface area contributed by atoms with Crippen molar-refractivity contribution in [3.05, 3.63) is 18.2 Å². The summed E-state index contributed by atoms with van der Waals surface area (Å²) in [5.74, 6) is 1.67. The molecule has 1 aromatic carbocycles. The summed E-state index contributed by atoms with van der Waals surface area (Å²) in [6, 6.07) is 6.10. The first-order chi connectivity index (χ1) is 8.14. The Morgan fingerprint density at radius 2 is 2.12 bits per heavy atom. The van der Waals surface area contributed by atoms with Crippen LogP contribution in [0, 0.1) is 0 Å². The maximum absolute atomic E-state index is 6.22.